The summed E-state index contributed by atoms with van der Waals surface area (Å²) in [6.45, 7) is 1.82. The van der Waals surface area contributed by atoms with Crippen molar-refractivity contribution in [1.29, 1.82) is 0 Å². The van der Waals surface area contributed by atoms with Gasteiger partial charge in [-0.15, -0.1) is 0 Å². The number of sulfonamides is 1. The van der Waals surface area contributed by atoms with Crippen molar-refractivity contribution in [2.45, 2.75) is 11.8 Å². The highest BCUT2D eigenvalue weighted by Crippen LogP contribution is 2.17. The lowest BCUT2D eigenvalue weighted by atomic mass is 10.3. The Balaban J connectivity index is 1.60. The van der Waals surface area contributed by atoms with E-state index in [-0.39, 0.29) is 18.0 Å². The Kier molecular flexibility index (Phi) is 9.10. The zero-order valence-electron chi connectivity index (χ0n) is 16.5. The first kappa shape index (κ1) is 23.2. The molecule has 0 radical (unpaired) electrons. The molecule has 0 aromatic heterocycles. The van der Waals surface area contributed by atoms with E-state index in [9.17, 15) is 18.0 Å². The minimum absolute atomic E-state index is 0.0306. The predicted molar refractivity (Wildman–Crippen MR) is 109 cm³/mol. The largest absolute Gasteiger partial charge is 0.494 e. The second kappa shape index (κ2) is 11.8. The number of hydrogen-bond acceptors (Lipinski definition) is 7. The van der Waals surface area contributed by atoms with E-state index in [1.54, 1.807) is 42.5 Å². The summed E-state index contributed by atoms with van der Waals surface area (Å²) in [4.78, 5) is 23.4. The molecule has 2 rings (SSSR count). The summed E-state index contributed by atoms with van der Waals surface area (Å²) in [7, 11) is -3.82. The summed E-state index contributed by atoms with van der Waals surface area (Å²) in [6.07, 6.45) is 0. The van der Waals surface area contributed by atoms with Gasteiger partial charge in [0.2, 0.25) is 10.0 Å². The van der Waals surface area contributed by atoms with Gasteiger partial charge < -0.3 is 19.5 Å². The van der Waals surface area contributed by atoms with E-state index in [2.05, 4.69) is 10.0 Å². The van der Waals surface area contributed by atoms with Gasteiger partial charge in [0.1, 0.15) is 24.7 Å². The van der Waals surface area contributed by atoms with Crippen LogP contribution in [-0.4, -0.2) is 53.2 Å². The molecule has 162 valence electrons. The average Bonchev–Trinajstić information content (AvgIpc) is 2.76. The van der Waals surface area contributed by atoms with Crippen molar-refractivity contribution in [2.24, 2.45) is 0 Å². The van der Waals surface area contributed by atoms with Crippen LogP contribution in [0.25, 0.3) is 0 Å². The van der Waals surface area contributed by atoms with Gasteiger partial charge in [0.05, 0.1) is 18.0 Å². The molecule has 2 aromatic rings. The highest BCUT2D eigenvalue weighted by atomic mass is 32.2. The zero-order chi connectivity index (χ0) is 21.8. The van der Waals surface area contributed by atoms with Crippen LogP contribution in [0.2, 0.25) is 0 Å². The van der Waals surface area contributed by atoms with Crippen molar-refractivity contribution >= 4 is 21.9 Å². The SMILES string of the molecule is CCOc1ccc(OCCNC(=O)COC(=O)CNS(=O)(=O)c2ccccc2)cc1. The van der Waals surface area contributed by atoms with E-state index >= 15 is 0 Å². The molecule has 9 nitrogen and oxygen atoms in total. The fraction of sp³-hybridized carbons (Fsp3) is 0.300. The molecule has 0 unspecified atom stereocenters. The smallest absolute Gasteiger partial charge is 0.321 e. The fourth-order valence-corrected chi connectivity index (χ4v) is 3.23. The van der Waals surface area contributed by atoms with Crippen molar-refractivity contribution in [2.75, 3.05) is 32.9 Å². The van der Waals surface area contributed by atoms with Crippen molar-refractivity contribution in [3.8, 4) is 11.5 Å². The van der Waals surface area contributed by atoms with Crippen molar-refractivity contribution < 1.29 is 32.2 Å². The van der Waals surface area contributed by atoms with E-state index in [4.69, 9.17) is 14.2 Å². The van der Waals surface area contributed by atoms with Gasteiger partial charge in [0.15, 0.2) is 6.61 Å². The van der Waals surface area contributed by atoms with Crippen LogP contribution in [0.15, 0.2) is 59.5 Å². The third kappa shape index (κ3) is 8.10. The summed E-state index contributed by atoms with van der Waals surface area (Å²) in [6, 6.07) is 14.7. The van der Waals surface area contributed by atoms with Crippen LogP contribution in [-0.2, 0) is 24.3 Å². The molecule has 0 fully saturated rings. The molecule has 30 heavy (non-hydrogen) atoms. The molecule has 0 aliphatic carbocycles. The number of ether oxygens (including phenoxy) is 3. The maximum Gasteiger partial charge on any atom is 0.321 e. The first-order chi connectivity index (χ1) is 14.4. The van der Waals surface area contributed by atoms with Crippen LogP contribution >= 0.6 is 0 Å². The number of benzene rings is 2. The van der Waals surface area contributed by atoms with Crippen LogP contribution in [0.1, 0.15) is 6.92 Å². The van der Waals surface area contributed by atoms with Crippen molar-refractivity contribution in [3.63, 3.8) is 0 Å². The average molecular weight is 436 g/mol. The normalized spacial score (nSPS) is 10.8. The molecule has 2 N–H and O–H groups in total. The Morgan fingerprint density at radius 2 is 1.57 bits per heavy atom. The predicted octanol–water partition coefficient (Wildman–Crippen LogP) is 1.10. The van der Waals surface area contributed by atoms with Gasteiger partial charge in [-0.2, -0.15) is 4.72 Å². The number of carbonyl (C=O) groups is 2. The van der Waals surface area contributed by atoms with E-state index in [0.29, 0.717) is 12.4 Å². The van der Waals surface area contributed by atoms with Gasteiger partial charge in [0, 0.05) is 0 Å². The Labute approximate surface area is 175 Å². The number of rotatable bonds is 12. The number of carbonyl (C=O) groups excluding carboxylic acids is 2. The maximum absolute atomic E-state index is 12.0. The molecule has 0 aliphatic rings. The molecular formula is C20H24N2O7S. The summed E-state index contributed by atoms with van der Waals surface area (Å²) >= 11 is 0. The van der Waals surface area contributed by atoms with Gasteiger partial charge >= 0.3 is 5.97 Å². The minimum Gasteiger partial charge on any atom is -0.494 e. The standard InChI is InChI=1S/C20H24N2O7S/c1-2-27-16-8-10-17(11-9-16)28-13-12-21-19(23)15-29-20(24)14-22-30(25,26)18-6-4-3-5-7-18/h3-11,22H,2,12-15H2,1H3,(H,21,23). The van der Waals surface area contributed by atoms with Gasteiger partial charge in [0.25, 0.3) is 5.91 Å². The Hall–Kier alpha value is -3.11. The lowest BCUT2D eigenvalue weighted by Gasteiger charge is -2.09. The lowest BCUT2D eigenvalue weighted by Crippen LogP contribution is -2.35. The van der Waals surface area contributed by atoms with E-state index in [1.807, 2.05) is 6.92 Å². The highest BCUT2D eigenvalue weighted by Gasteiger charge is 2.16. The van der Waals surface area contributed by atoms with Gasteiger partial charge in [-0.05, 0) is 43.3 Å². The third-order valence-electron chi connectivity index (χ3n) is 3.65. The van der Waals surface area contributed by atoms with Gasteiger partial charge in [-0.3, -0.25) is 9.59 Å². The molecule has 0 saturated heterocycles. The van der Waals surface area contributed by atoms with Gasteiger partial charge in [-0.25, -0.2) is 8.42 Å². The Morgan fingerprint density at radius 3 is 2.20 bits per heavy atom. The maximum atomic E-state index is 12.0. The van der Waals surface area contributed by atoms with Crippen LogP contribution in [0.3, 0.4) is 0 Å². The van der Waals surface area contributed by atoms with Crippen LogP contribution < -0.4 is 19.5 Å². The van der Waals surface area contributed by atoms with E-state index in [1.165, 1.54) is 12.1 Å². The second-order valence-electron chi connectivity index (χ2n) is 5.90. The molecule has 0 bridgehead atoms. The van der Waals surface area contributed by atoms with Gasteiger partial charge in [-0.1, -0.05) is 18.2 Å². The number of nitrogens with one attached hydrogen (secondary N) is 2. The molecular weight excluding hydrogens is 412 g/mol. The number of esters is 1. The molecule has 0 aliphatic heterocycles. The molecule has 0 saturated carbocycles. The summed E-state index contributed by atoms with van der Waals surface area (Å²) in [5, 5.41) is 2.53. The molecule has 10 heteroatoms. The quantitative estimate of drug-likeness (QED) is 0.378. The highest BCUT2D eigenvalue weighted by molar-refractivity contribution is 7.89. The van der Waals surface area contributed by atoms with Crippen LogP contribution in [0.4, 0.5) is 0 Å². The first-order valence-electron chi connectivity index (χ1n) is 9.23. The van der Waals surface area contributed by atoms with Crippen LogP contribution in [0.5, 0.6) is 11.5 Å². The summed E-state index contributed by atoms with van der Waals surface area (Å²) < 4.78 is 41.7. The van der Waals surface area contributed by atoms with Crippen molar-refractivity contribution in [3.05, 3.63) is 54.6 Å². The monoisotopic (exact) mass is 436 g/mol. The third-order valence-corrected chi connectivity index (χ3v) is 5.07. The topological polar surface area (TPSA) is 120 Å². The molecule has 1 amide bonds. The first-order valence-corrected chi connectivity index (χ1v) is 10.7. The molecule has 0 spiro atoms. The zero-order valence-corrected chi connectivity index (χ0v) is 17.3. The fourth-order valence-electron chi connectivity index (χ4n) is 2.24. The minimum atomic E-state index is -3.82. The summed E-state index contributed by atoms with van der Waals surface area (Å²) in [5.74, 6) is -0.0179. The van der Waals surface area contributed by atoms with E-state index in [0.717, 1.165) is 5.75 Å². The van der Waals surface area contributed by atoms with Crippen molar-refractivity contribution in [1.82, 2.24) is 10.0 Å². The number of hydrogen-bond donors (Lipinski definition) is 2. The lowest BCUT2D eigenvalue weighted by molar-refractivity contribution is -0.147. The summed E-state index contributed by atoms with van der Waals surface area (Å²) in [5.41, 5.74) is 0. The van der Waals surface area contributed by atoms with Crippen LogP contribution in [0, 0.1) is 0 Å². The second-order valence-corrected chi connectivity index (χ2v) is 7.67. The van der Waals surface area contributed by atoms with E-state index < -0.39 is 35.1 Å². The number of amides is 1. The Morgan fingerprint density at radius 1 is 0.933 bits per heavy atom. The molecule has 2 aromatic carbocycles. The molecule has 0 heterocycles. The molecule has 0 atom stereocenters. The Bertz CT molecular complexity index is 916.